The number of ether oxygens (including phenoxy) is 1. The van der Waals surface area contributed by atoms with Gasteiger partial charge in [0.25, 0.3) is 5.91 Å². The smallest absolute Gasteiger partial charge is 0.268 e. The molecule has 0 radical (unpaired) electrons. The zero-order valence-electron chi connectivity index (χ0n) is 13.2. The molecule has 0 aliphatic rings. The minimum atomic E-state index is -0.511. The largest absolute Gasteiger partial charge is 0.490 e. The Kier molecular flexibility index (Phi) is 6.23. The van der Waals surface area contributed by atoms with E-state index in [1.54, 1.807) is 30.3 Å². The monoisotopic (exact) mass is 340 g/mol. The second-order valence-electron chi connectivity index (χ2n) is 4.65. The predicted octanol–water partition coefficient (Wildman–Crippen LogP) is 3.21. The number of nitrogens with one attached hydrogen (secondary N) is 1. The van der Waals surface area contributed by atoms with E-state index in [0.29, 0.717) is 17.5 Å². The number of nitrogens with zero attached hydrogens (tertiary/aromatic N) is 3. The first-order valence-corrected chi connectivity index (χ1v) is 8.07. The first kappa shape index (κ1) is 17.4. The minimum absolute atomic E-state index is 0.0111. The fraction of sp³-hybridized carbons (Fsp3) is 0.176. The quantitative estimate of drug-likeness (QED) is 0.475. The summed E-state index contributed by atoms with van der Waals surface area (Å²) in [4.78, 5) is 12.2. The lowest BCUT2D eigenvalue weighted by atomic mass is 10.1. The molecule has 0 saturated carbocycles. The lowest BCUT2D eigenvalue weighted by Crippen LogP contribution is -2.13. The van der Waals surface area contributed by atoms with Crippen molar-refractivity contribution in [3.05, 3.63) is 53.1 Å². The molecular weight excluding hydrogens is 324 g/mol. The van der Waals surface area contributed by atoms with Gasteiger partial charge in [0.1, 0.15) is 29.0 Å². The normalized spacial score (nSPS) is 10.8. The van der Waals surface area contributed by atoms with Crippen molar-refractivity contribution in [1.82, 2.24) is 10.2 Å². The number of hydrogen-bond donors (Lipinski definition) is 1. The molecule has 1 aromatic carbocycles. The van der Waals surface area contributed by atoms with Crippen molar-refractivity contribution in [1.29, 1.82) is 5.26 Å². The first-order chi connectivity index (χ1) is 11.7. The topological polar surface area (TPSA) is 87.9 Å². The van der Waals surface area contributed by atoms with Crippen molar-refractivity contribution in [3.8, 4) is 11.8 Å². The fourth-order valence-electron chi connectivity index (χ4n) is 1.74. The molecule has 2 aromatic rings. The van der Waals surface area contributed by atoms with Gasteiger partial charge in [0, 0.05) is 0 Å². The van der Waals surface area contributed by atoms with E-state index >= 15 is 0 Å². The summed E-state index contributed by atoms with van der Waals surface area (Å²) in [6.45, 7) is 5.95. The second kappa shape index (κ2) is 8.60. The van der Waals surface area contributed by atoms with Crippen molar-refractivity contribution in [2.24, 2.45) is 0 Å². The average Bonchev–Trinajstić information content (AvgIpc) is 3.06. The van der Waals surface area contributed by atoms with Crippen molar-refractivity contribution in [3.63, 3.8) is 0 Å². The van der Waals surface area contributed by atoms with Crippen LogP contribution in [0.3, 0.4) is 0 Å². The summed E-state index contributed by atoms with van der Waals surface area (Å²) in [6.07, 6.45) is 3.91. The lowest BCUT2D eigenvalue weighted by molar-refractivity contribution is -0.112. The predicted molar refractivity (Wildman–Crippen MR) is 93.6 cm³/mol. The van der Waals surface area contributed by atoms with Crippen LogP contribution >= 0.6 is 11.3 Å². The molecule has 24 heavy (non-hydrogen) atoms. The summed E-state index contributed by atoms with van der Waals surface area (Å²) >= 11 is 1.29. The molecule has 0 fully saturated rings. The number of aromatic nitrogens is 2. The number of anilines is 1. The van der Waals surface area contributed by atoms with Gasteiger partial charge in [-0.1, -0.05) is 43.0 Å². The highest BCUT2D eigenvalue weighted by Gasteiger charge is 2.12. The van der Waals surface area contributed by atoms with Crippen LogP contribution in [0, 0.1) is 11.3 Å². The maximum atomic E-state index is 12.2. The van der Waals surface area contributed by atoms with E-state index in [2.05, 4.69) is 22.1 Å². The van der Waals surface area contributed by atoms with E-state index in [1.807, 2.05) is 13.0 Å². The van der Waals surface area contributed by atoms with E-state index in [0.717, 1.165) is 17.0 Å². The summed E-state index contributed by atoms with van der Waals surface area (Å²) in [5.74, 6) is 0.180. The zero-order chi connectivity index (χ0) is 17.4. The van der Waals surface area contributed by atoms with Gasteiger partial charge in [0.2, 0.25) is 5.13 Å². The second-order valence-corrected chi connectivity index (χ2v) is 5.71. The van der Waals surface area contributed by atoms with Crippen LogP contribution in [0.4, 0.5) is 5.13 Å². The van der Waals surface area contributed by atoms with Crippen molar-refractivity contribution in [2.75, 3.05) is 11.9 Å². The molecule has 1 N–H and O–H groups in total. The summed E-state index contributed by atoms with van der Waals surface area (Å²) < 4.78 is 5.38. The highest BCUT2D eigenvalue weighted by molar-refractivity contribution is 7.15. The van der Waals surface area contributed by atoms with Crippen LogP contribution in [0.1, 0.15) is 17.5 Å². The van der Waals surface area contributed by atoms with Crippen molar-refractivity contribution >= 4 is 28.5 Å². The van der Waals surface area contributed by atoms with Gasteiger partial charge in [-0.05, 0) is 30.2 Å². The van der Waals surface area contributed by atoms with Gasteiger partial charge < -0.3 is 4.74 Å². The maximum absolute atomic E-state index is 12.2. The molecule has 0 saturated heterocycles. The van der Waals surface area contributed by atoms with Gasteiger partial charge in [-0.25, -0.2) is 0 Å². The van der Waals surface area contributed by atoms with Gasteiger partial charge in [-0.3, -0.25) is 10.1 Å². The van der Waals surface area contributed by atoms with Crippen LogP contribution in [0.15, 0.2) is 42.5 Å². The van der Waals surface area contributed by atoms with Crippen molar-refractivity contribution in [2.45, 2.75) is 13.3 Å². The van der Waals surface area contributed by atoms with E-state index in [1.165, 1.54) is 17.4 Å². The van der Waals surface area contributed by atoms with Crippen LogP contribution in [-0.2, 0) is 11.2 Å². The van der Waals surface area contributed by atoms with Crippen LogP contribution in [0.25, 0.3) is 6.08 Å². The van der Waals surface area contributed by atoms with Gasteiger partial charge >= 0.3 is 0 Å². The number of aryl methyl sites for hydroxylation is 1. The number of nitriles is 1. The Morgan fingerprint density at radius 2 is 2.17 bits per heavy atom. The molecule has 1 aromatic heterocycles. The Bertz CT molecular complexity index is 788. The van der Waals surface area contributed by atoms with Crippen molar-refractivity contribution < 1.29 is 9.53 Å². The molecule has 0 bridgehead atoms. The first-order valence-electron chi connectivity index (χ1n) is 7.25. The molecule has 1 heterocycles. The molecule has 7 heteroatoms. The molecule has 0 aliphatic carbocycles. The number of rotatable bonds is 7. The maximum Gasteiger partial charge on any atom is 0.268 e. The van der Waals surface area contributed by atoms with Gasteiger partial charge in [0.05, 0.1) is 0 Å². The zero-order valence-corrected chi connectivity index (χ0v) is 14.0. The molecule has 2 rings (SSSR count). The van der Waals surface area contributed by atoms with Crippen LogP contribution in [-0.4, -0.2) is 22.7 Å². The average molecular weight is 340 g/mol. The summed E-state index contributed by atoms with van der Waals surface area (Å²) in [5.41, 5.74) is 0.710. The third-order valence-corrected chi connectivity index (χ3v) is 3.90. The van der Waals surface area contributed by atoms with Gasteiger partial charge in [0.15, 0.2) is 0 Å². The molecule has 122 valence electrons. The Hall–Kier alpha value is -2.98. The summed E-state index contributed by atoms with van der Waals surface area (Å²) in [6, 6.07) is 8.96. The molecule has 6 nitrogen and oxygen atoms in total. The van der Waals surface area contributed by atoms with E-state index in [4.69, 9.17) is 4.74 Å². The Labute approximate surface area is 144 Å². The summed E-state index contributed by atoms with van der Waals surface area (Å²) in [7, 11) is 0. The highest BCUT2D eigenvalue weighted by atomic mass is 32.1. The van der Waals surface area contributed by atoms with Crippen LogP contribution in [0.2, 0.25) is 0 Å². The molecule has 0 spiro atoms. The Balaban J connectivity index is 2.08. The third-order valence-electron chi connectivity index (χ3n) is 2.91. The summed E-state index contributed by atoms with van der Waals surface area (Å²) in [5, 5.41) is 20.8. The number of hydrogen-bond acceptors (Lipinski definition) is 6. The van der Waals surface area contributed by atoms with Crippen LogP contribution < -0.4 is 10.1 Å². The fourth-order valence-corrected chi connectivity index (χ4v) is 2.42. The highest BCUT2D eigenvalue weighted by Crippen LogP contribution is 2.18. The number of amides is 1. The third kappa shape index (κ3) is 4.76. The molecule has 0 aliphatic heterocycles. The number of benzene rings is 1. The molecule has 0 unspecified atom stereocenters. The minimum Gasteiger partial charge on any atom is -0.490 e. The van der Waals surface area contributed by atoms with E-state index in [9.17, 15) is 10.1 Å². The number of carbonyl (C=O) groups is 1. The lowest BCUT2D eigenvalue weighted by Gasteiger charge is -2.03. The molecule has 0 atom stereocenters. The van der Waals surface area contributed by atoms with E-state index < -0.39 is 5.91 Å². The standard InChI is InChI=1S/C17H16N4O2S/c1-3-9-23-14-7-5-12(6-8-14)10-13(11-18)16(22)19-17-21-20-15(4-2)24-17/h3,5-8,10H,1,4,9H2,2H3,(H,19,21,22). The van der Waals surface area contributed by atoms with Gasteiger partial charge in [-0.15, -0.1) is 10.2 Å². The SMILES string of the molecule is C=CCOc1ccc(C=C(C#N)C(=O)Nc2nnc(CC)s2)cc1. The Morgan fingerprint density at radius 3 is 2.75 bits per heavy atom. The molecular formula is C17H16N4O2S. The van der Waals surface area contributed by atoms with Gasteiger partial charge in [-0.2, -0.15) is 5.26 Å². The Morgan fingerprint density at radius 1 is 1.42 bits per heavy atom. The molecule has 1 amide bonds. The number of carbonyl (C=O) groups excluding carboxylic acids is 1. The van der Waals surface area contributed by atoms with E-state index in [-0.39, 0.29) is 5.57 Å². The van der Waals surface area contributed by atoms with Crippen LogP contribution in [0.5, 0.6) is 5.75 Å².